The molecule has 2 aromatic heterocycles. The standard InChI is InChI=1S/C25H22N4O2/c1-16(2)24(30)27-18-8-5-9-19(13-18)28-25(31)21-14-23(17-7-6-12-26-15-17)29-22-11-4-3-10-20(21)22/h3-16H,1-2H3,(H,27,30)(H,28,31). The number of nitrogens with one attached hydrogen (secondary N) is 2. The van der Waals surface area contributed by atoms with Crippen molar-refractivity contribution in [2.75, 3.05) is 10.6 Å². The van der Waals surface area contributed by atoms with E-state index in [1.807, 2.05) is 50.2 Å². The first-order valence-corrected chi connectivity index (χ1v) is 10.0. The summed E-state index contributed by atoms with van der Waals surface area (Å²) in [6, 6.07) is 20.2. The van der Waals surface area contributed by atoms with Gasteiger partial charge in [0.2, 0.25) is 5.91 Å². The van der Waals surface area contributed by atoms with E-state index in [4.69, 9.17) is 4.98 Å². The SMILES string of the molecule is CC(C)C(=O)Nc1cccc(NC(=O)c2cc(-c3cccnc3)nc3ccccc23)c1. The highest BCUT2D eigenvalue weighted by molar-refractivity contribution is 6.13. The third-order valence-electron chi connectivity index (χ3n) is 4.83. The number of aromatic nitrogens is 2. The molecule has 0 bridgehead atoms. The Morgan fingerprint density at radius 3 is 2.39 bits per heavy atom. The van der Waals surface area contributed by atoms with Gasteiger partial charge >= 0.3 is 0 Å². The average Bonchev–Trinajstić information content (AvgIpc) is 2.79. The van der Waals surface area contributed by atoms with E-state index in [1.165, 1.54) is 0 Å². The average molecular weight is 410 g/mol. The second kappa shape index (κ2) is 8.75. The van der Waals surface area contributed by atoms with Crippen molar-refractivity contribution in [3.05, 3.63) is 84.7 Å². The summed E-state index contributed by atoms with van der Waals surface area (Å²) >= 11 is 0. The van der Waals surface area contributed by atoms with Gasteiger partial charge in [-0.2, -0.15) is 0 Å². The number of hydrogen-bond donors (Lipinski definition) is 2. The third-order valence-corrected chi connectivity index (χ3v) is 4.83. The Morgan fingerprint density at radius 2 is 1.65 bits per heavy atom. The molecule has 0 atom stereocenters. The van der Waals surface area contributed by atoms with Gasteiger partial charge in [-0.05, 0) is 42.5 Å². The maximum absolute atomic E-state index is 13.2. The molecule has 154 valence electrons. The van der Waals surface area contributed by atoms with Crippen LogP contribution < -0.4 is 10.6 Å². The number of amides is 2. The van der Waals surface area contributed by atoms with Gasteiger partial charge in [0.15, 0.2) is 0 Å². The molecule has 0 aliphatic heterocycles. The quantitative estimate of drug-likeness (QED) is 0.477. The van der Waals surface area contributed by atoms with Crippen LogP contribution in [0.2, 0.25) is 0 Å². The summed E-state index contributed by atoms with van der Waals surface area (Å²) in [7, 11) is 0. The highest BCUT2D eigenvalue weighted by Gasteiger charge is 2.15. The first-order chi connectivity index (χ1) is 15.0. The molecule has 0 radical (unpaired) electrons. The largest absolute Gasteiger partial charge is 0.326 e. The molecule has 0 aliphatic carbocycles. The summed E-state index contributed by atoms with van der Waals surface area (Å²) in [5, 5.41) is 6.55. The van der Waals surface area contributed by atoms with Gasteiger partial charge in [-0.1, -0.05) is 38.1 Å². The highest BCUT2D eigenvalue weighted by atomic mass is 16.2. The maximum Gasteiger partial charge on any atom is 0.256 e. The molecular weight excluding hydrogens is 388 g/mol. The van der Waals surface area contributed by atoms with Crippen molar-refractivity contribution in [2.45, 2.75) is 13.8 Å². The number of hydrogen-bond acceptors (Lipinski definition) is 4. The van der Waals surface area contributed by atoms with Crippen molar-refractivity contribution in [1.82, 2.24) is 9.97 Å². The van der Waals surface area contributed by atoms with E-state index >= 15 is 0 Å². The molecular formula is C25H22N4O2. The molecule has 0 saturated heterocycles. The van der Waals surface area contributed by atoms with Crippen LogP contribution in [0.3, 0.4) is 0 Å². The summed E-state index contributed by atoms with van der Waals surface area (Å²) in [5.41, 5.74) is 3.98. The van der Waals surface area contributed by atoms with Gasteiger partial charge in [-0.25, -0.2) is 4.98 Å². The normalized spacial score (nSPS) is 10.8. The Bertz CT molecular complexity index is 1250. The number of pyridine rings is 2. The van der Waals surface area contributed by atoms with Crippen molar-refractivity contribution in [2.24, 2.45) is 5.92 Å². The molecule has 0 unspecified atom stereocenters. The van der Waals surface area contributed by atoms with Crippen LogP contribution in [0.1, 0.15) is 24.2 Å². The zero-order valence-electron chi connectivity index (χ0n) is 17.3. The van der Waals surface area contributed by atoms with Crippen LogP contribution in [0.4, 0.5) is 11.4 Å². The van der Waals surface area contributed by atoms with E-state index in [9.17, 15) is 9.59 Å². The molecule has 2 amide bonds. The van der Waals surface area contributed by atoms with Gasteiger partial charge in [0.1, 0.15) is 0 Å². The van der Waals surface area contributed by atoms with Crippen LogP contribution in [-0.4, -0.2) is 21.8 Å². The van der Waals surface area contributed by atoms with Crippen molar-refractivity contribution in [3.8, 4) is 11.3 Å². The van der Waals surface area contributed by atoms with Gasteiger partial charge in [0, 0.05) is 40.6 Å². The predicted molar refractivity (Wildman–Crippen MR) is 123 cm³/mol. The molecule has 0 saturated carbocycles. The molecule has 0 fully saturated rings. The predicted octanol–water partition coefficient (Wildman–Crippen LogP) is 5.14. The topological polar surface area (TPSA) is 84.0 Å². The van der Waals surface area contributed by atoms with Crippen LogP contribution in [-0.2, 0) is 4.79 Å². The van der Waals surface area contributed by atoms with Crippen LogP contribution in [0.15, 0.2) is 79.1 Å². The lowest BCUT2D eigenvalue weighted by molar-refractivity contribution is -0.118. The summed E-state index contributed by atoms with van der Waals surface area (Å²) in [5.74, 6) is -0.465. The van der Waals surface area contributed by atoms with Crippen molar-refractivity contribution < 1.29 is 9.59 Å². The van der Waals surface area contributed by atoms with Crippen LogP contribution in [0.5, 0.6) is 0 Å². The molecule has 4 rings (SSSR count). The fraction of sp³-hybridized carbons (Fsp3) is 0.120. The maximum atomic E-state index is 13.2. The van der Waals surface area contributed by atoms with Crippen molar-refractivity contribution >= 4 is 34.1 Å². The number of anilines is 2. The Labute approximate surface area is 180 Å². The first kappa shape index (κ1) is 20.2. The molecule has 2 aromatic carbocycles. The van der Waals surface area contributed by atoms with E-state index < -0.39 is 0 Å². The number of benzene rings is 2. The monoisotopic (exact) mass is 410 g/mol. The van der Waals surface area contributed by atoms with E-state index in [-0.39, 0.29) is 17.7 Å². The van der Waals surface area contributed by atoms with E-state index in [2.05, 4.69) is 15.6 Å². The number of fused-ring (bicyclic) bond motifs is 1. The molecule has 0 spiro atoms. The van der Waals surface area contributed by atoms with Gasteiger partial charge in [-0.15, -0.1) is 0 Å². The molecule has 2 N–H and O–H groups in total. The lowest BCUT2D eigenvalue weighted by Gasteiger charge is -2.12. The lowest BCUT2D eigenvalue weighted by atomic mass is 10.0. The second-order valence-corrected chi connectivity index (χ2v) is 7.49. The summed E-state index contributed by atoms with van der Waals surface area (Å²) in [6.45, 7) is 3.66. The van der Waals surface area contributed by atoms with Crippen molar-refractivity contribution in [3.63, 3.8) is 0 Å². The number of carbonyl (C=O) groups excluding carboxylic acids is 2. The lowest BCUT2D eigenvalue weighted by Crippen LogP contribution is -2.18. The number of para-hydroxylation sites is 1. The summed E-state index contributed by atoms with van der Waals surface area (Å²) < 4.78 is 0. The molecule has 4 aromatic rings. The van der Waals surface area contributed by atoms with Crippen LogP contribution >= 0.6 is 0 Å². The van der Waals surface area contributed by atoms with Crippen LogP contribution in [0.25, 0.3) is 22.2 Å². The Hall–Kier alpha value is -4.06. The number of rotatable bonds is 5. The number of nitrogens with zero attached hydrogens (tertiary/aromatic N) is 2. The van der Waals surface area contributed by atoms with Crippen molar-refractivity contribution in [1.29, 1.82) is 0 Å². The van der Waals surface area contributed by atoms with Crippen LogP contribution in [0, 0.1) is 5.92 Å². The van der Waals surface area contributed by atoms with E-state index in [1.54, 1.807) is 42.7 Å². The smallest absolute Gasteiger partial charge is 0.256 e. The Balaban J connectivity index is 1.67. The second-order valence-electron chi connectivity index (χ2n) is 7.49. The third kappa shape index (κ3) is 4.59. The zero-order chi connectivity index (χ0) is 21.8. The molecule has 2 heterocycles. The van der Waals surface area contributed by atoms with Gasteiger partial charge in [-0.3, -0.25) is 14.6 Å². The molecule has 6 heteroatoms. The summed E-state index contributed by atoms with van der Waals surface area (Å²) in [6.07, 6.45) is 3.42. The van der Waals surface area contributed by atoms with E-state index in [0.29, 0.717) is 22.6 Å². The number of carbonyl (C=O) groups is 2. The Morgan fingerprint density at radius 1 is 0.871 bits per heavy atom. The van der Waals surface area contributed by atoms with Gasteiger partial charge in [0.25, 0.3) is 5.91 Å². The van der Waals surface area contributed by atoms with Gasteiger partial charge < -0.3 is 10.6 Å². The fourth-order valence-electron chi connectivity index (χ4n) is 3.19. The minimum atomic E-state index is -0.254. The first-order valence-electron chi connectivity index (χ1n) is 10.0. The molecule has 0 aliphatic rings. The van der Waals surface area contributed by atoms with Gasteiger partial charge in [0.05, 0.1) is 16.8 Å². The summed E-state index contributed by atoms with van der Waals surface area (Å²) in [4.78, 5) is 34.0. The fourth-order valence-corrected chi connectivity index (χ4v) is 3.19. The minimum absolute atomic E-state index is 0.0790. The van der Waals surface area contributed by atoms with E-state index in [0.717, 1.165) is 16.5 Å². The highest BCUT2D eigenvalue weighted by Crippen LogP contribution is 2.25. The Kier molecular flexibility index (Phi) is 5.71. The molecule has 31 heavy (non-hydrogen) atoms. The zero-order valence-corrected chi connectivity index (χ0v) is 17.3. The molecule has 6 nitrogen and oxygen atoms in total. The minimum Gasteiger partial charge on any atom is -0.326 e.